The van der Waals surface area contributed by atoms with Gasteiger partial charge in [-0.15, -0.1) is 0 Å². The van der Waals surface area contributed by atoms with Crippen molar-refractivity contribution in [1.29, 1.82) is 0 Å². The molecule has 1 aliphatic rings. The molecule has 0 fully saturated rings. The number of aliphatic carboxylic acids is 1. The van der Waals surface area contributed by atoms with Crippen LogP contribution in [0.4, 0.5) is 4.79 Å². The number of aliphatic hydroxyl groups excluding tert-OH is 1. The summed E-state index contributed by atoms with van der Waals surface area (Å²) in [4.78, 5) is 36.0. The summed E-state index contributed by atoms with van der Waals surface area (Å²) in [6.45, 7) is 3.37. The maximum atomic E-state index is 12.5. The Morgan fingerprint density at radius 3 is 2.09 bits per heavy atom. The molecule has 1 unspecified atom stereocenters. The molecule has 1 aliphatic carbocycles. The first-order valence-corrected chi connectivity index (χ1v) is 11.1. The number of fused-ring (bicyclic) bond motifs is 3. The number of ether oxygens (including phenoxy) is 1. The Bertz CT molecular complexity index is 960. The van der Waals surface area contributed by atoms with E-state index in [0.717, 1.165) is 22.3 Å². The molecule has 2 amide bonds. The van der Waals surface area contributed by atoms with Crippen molar-refractivity contribution in [3.05, 3.63) is 59.7 Å². The number of rotatable bonds is 10. The summed E-state index contributed by atoms with van der Waals surface area (Å²) in [5.74, 6) is -1.96. The van der Waals surface area contributed by atoms with Crippen LogP contribution in [0.3, 0.4) is 0 Å². The van der Waals surface area contributed by atoms with E-state index in [4.69, 9.17) is 9.84 Å². The van der Waals surface area contributed by atoms with Gasteiger partial charge in [-0.25, -0.2) is 9.59 Å². The van der Waals surface area contributed by atoms with E-state index in [9.17, 15) is 19.5 Å². The van der Waals surface area contributed by atoms with Crippen molar-refractivity contribution in [3.63, 3.8) is 0 Å². The number of hydrogen-bond acceptors (Lipinski definition) is 5. The number of alkyl carbamates (subject to hydrolysis) is 1. The summed E-state index contributed by atoms with van der Waals surface area (Å²) in [6.07, 6.45) is -0.765. The molecule has 0 saturated carbocycles. The number of carboxylic acids is 1. The second-order valence-corrected chi connectivity index (χ2v) is 8.28. The fraction of sp³-hybridized carbons (Fsp3) is 0.400. The number of amides is 2. The molecule has 0 bridgehead atoms. The van der Waals surface area contributed by atoms with Crippen LogP contribution in [0.1, 0.15) is 50.2 Å². The highest BCUT2D eigenvalue weighted by atomic mass is 16.5. The lowest BCUT2D eigenvalue weighted by Crippen LogP contribution is -2.49. The molecule has 8 heteroatoms. The van der Waals surface area contributed by atoms with Gasteiger partial charge in [-0.2, -0.15) is 0 Å². The first-order chi connectivity index (χ1) is 15.8. The zero-order valence-electron chi connectivity index (χ0n) is 18.8. The third-order valence-electron chi connectivity index (χ3n) is 5.80. The van der Waals surface area contributed by atoms with E-state index >= 15 is 0 Å². The third kappa shape index (κ3) is 5.90. The van der Waals surface area contributed by atoms with E-state index in [2.05, 4.69) is 22.8 Å². The summed E-state index contributed by atoms with van der Waals surface area (Å²) in [6, 6.07) is 14.2. The summed E-state index contributed by atoms with van der Waals surface area (Å²) < 4.78 is 5.54. The smallest absolute Gasteiger partial charge is 0.407 e. The van der Waals surface area contributed by atoms with Gasteiger partial charge in [-0.3, -0.25) is 4.79 Å². The summed E-state index contributed by atoms with van der Waals surface area (Å²) in [5.41, 5.74) is 4.48. The monoisotopic (exact) mass is 454 g/mol. The van der Waals surface area contributed by atoms with Crippen LogP contribution >= 0.6 is 0 Å². The summed E-state index contributed by atoms with van der Waals surface area (Å²) in [7, 11) is 0. The Kier molecular flexibility index (Phi) is 8.06. The molecule has 3 rings (SSSR count). The minimum absolute atomic E-state index is 0.0709. The minimum atomic E-state index is -1.41. The molecular weight excluding hydrogens is 424 g/mol. The van der Waals surface area contributed by atoms with Gasteiger partial charge in [0, 0.05) is 18.4 Å². The maximum absolute atomic E-state index is 12.5. The molecule has 0 spiro atoms. The Hall–Kier alpha value is -3.39. The second-order valence-electron chi connectivity index (χ2n) is 8.28. The Balaban J connectivity index is 1.59. The van der Waals surface area contributed by atoms with Gasteiger partial charge >= 0.3 is 12.1 Å². The van der Waals surface area contributed by atoms with Crippen LogP contribution in [0, 0.1) is 0 Å². The summed E-state index contributed by atoms with van der Waals surface area (Å²) >= 11 is 0. The lowest BCUT2D eigenvalue weighted by Gasteiger charge is -2.21. The average Bonchev–Trinajstić information content (AvgIpc) is 3.09. The van der Waals surface area contributed by atoms with Crippen LogP contribution in [0.2, 0.25) is 0 Å². The fourth-order valence-corrected chi connectivity index (χ4v) is 4.23. The number of carboxylic acid groups (broad SMARTS) is 1. The van der Waals surface area contributed by atoms with E-state index in [1.54, 1.807) is 0 Å². The van der Waals surface area contributed by atoms with Gasteiger partial charge in [-0.05, 0) is 35.6 Å². The van der Waals surface area contributed by atoms with Crippen LogP contribution in [0.25, 0.3) is 11.1 Å². The number of benzene rings is 2. The van der Waals surface area contributed by atoms with Crippen LogP contribution in [-0.2, 0) is 14.3 Å². The van der Waals surface area contributed by atoms with Gasteiger partial charge in [0.2, 0.25) is 5.91 Å². The lowest BCUT2D eigenvalue weighted by molar-refractivity contribution is -0.144. The SMILES string of the molecule is CCCC(CC(=O)N[C@H](C(=O)O)[C@@H](C)O)NC(=O)OCC1c2ccccc2-c2ccccc21. The first-order valence-electron chi connectivity index (χ1n) is 11.1. The van der Waals surface area contributed by atoms with E-state index in [-0.39, 0.29) is 18.9 Å². The number of hydrogen-bond donors (Lipinski definition) is 4. The van der Waals surface area contributed by atoms with Crippen molar-refractivity contribution < 1.29 is 29.3 Å². The molecule has 8 nitrogen and oxygen atoms in total. The predicted molar refractivity (Wildman–Crippen MR) is 123 cm³/mol. The largest absolute Gasteiger partial charge is 0.480 e. The quantitative estimate of drug-likeness (QED) is 0.437. The second kappa shape index (κ2) is 11.0. The van der Waals surface area contributed by atoms with Gasteiger partial charge in [0.25, 0.3) is 0 Å². The minimum Gasteiger partial charge on any atom is -0.480 e. The maximum Gasteiger partial charge on any atom is 0.407 e. The molecule has 4 N–H and O–H groups in total. The summed E-state index contributed by atoms with van der Waals surface area (Å²) in [5, 5.41) is 23.7. The van der Waals surface area contributed by atoms with Gasteiger partial charge in [0.05, 0.1) is 6.10 Å². The van der Waals surface area contributed by atoms with Crippen LogP contribution in [0.15, 0.2) is 48.5 Å². The molecule has 3 atom stereocenters. The van der Waals surface area contributed by atoms with E-state index in [1.807, 2.05) is 43.3 Å². The molecule has 0 heterocycles. The Morgan fingerprint density at radius 2 is 1.58 bits per heavy atom. The van der Waals surface area contributed by atoms with Crippen molar-refractivity contribution >= 4 is 18.0 Å². The van der Waals surface area contributed by atoms with Crippen LogP contribution in [0.5, 0.6) is 0 Å². The van der Waals surface area contributed by atoms with E-state index in [0.29, 0.717) is 12.8 Å². The highest BCUT2D eigenvalue weighted by molar-refractivity contribution is 5.84. The number of nitrogens with one attached hydrogen (secondary N) is 2. The van der Waals surface area contributed by atoms with Gasteiger partial charge in [-0.1, -0.05) is 61.9 Å². The molecule has 0 aromatic heterocycles. The number of aliphatic hydroxyl groups is 1. The zero-order chi connectivity index (χ0) is 24.0. The topological polar surface area (TPSA) is 125 Å². The highest BCUT2D eigenvalue weighted by Gasteiger charge is 2.30. The molecule has 176 valence electrons. The third-order valence-corrected chi connectivity index (χ3v) is 5.80. The number of carbonyl (C=O) groups is 3. The predicted octanol–water partition coefficient (Wildman–Crippen LogP) is 3.03. The van der Waals surface area contributed by atoms with Crippen molar-refractivity contribution in [2.45, 2.75) is 57.2 Å². The first kappa shape index (κ1) is 24.3. The van der Waals surface area contributed by atoms with Gasteiger partial charge < -0.3 is 25.6 Å². The molecule has 2 aromatic rings. The van der Waals surface area contributed by atoms with Gasteiger partial charge in [0.15, 0.2) is 6.04 Å². The standard InChI is InChI=1S/C25H30N2O6/c1-3-8-16(13-22(29)27-23(15(2)28)24(30)31)26-25(32)33-14-21-19-11-6-4-9-17(19)18-10-5-7-12-20(18)21/h4-7,9-12,15-16,21,23,28H,3,8,13-14H2,1-2H3,(H,26,32)(H,27,29)(H,30,31)/t15-,16?,23+/m1/s1. The highest BCUT2D eigenvalue weighted by Crippen LogP contribution is 2.44. The lowest BCUT2D eigenvalue weighted by atomic mass is 9.98. The van der Waals surface area contributed by atoms with Crippen molar-refractivity contribution in [2.24, 2.45) is 0 Å². The van der Waals surface area contributed by atoms with Crippen LogP contribution in [-0.4, -0.2) is 53.0 Å². The van der Waals surface area contributed by atoms with Gasteiger partial charge in [0.1, 0.15) is 6.61 Å². The van der Waals surface area contributed by atoms with E-state index in [1.165, 1.54) is 6.92 Å². The molecule has 2 aromatic carbocycles. The Morgan fingerprint density at radius 1 is 1.00 bits per heavy atom. The van der Waals surface area contributed by atoms with Crippen molar-refractivity contribution in [3.8, 4) is 11.1 Å². The zero-order valence-corrected chi connectivity index (χ0v) is 18.8. The fourth-order valence-electron chi connectivity index (χ4n) is 4.23. The van der Waals surface area contributed by atoms with Crippen molar-refractivity contribution in [1.82, 2.24) is 10.6 Å². The average molecular weight is 455 g/mol. The molecule has 33 heavy (non-hydrogen) atoms. The van der Waals surface area contributed by atoms with E-state index < -0.39 is 36.2 Å². The molecular formula is C25H30N2O6. The molecule has 0 radical (unpaired) electrons. The van der Waals surface area contributed by atoms with Crippen molar-refractivity contribution in [2.75, 3.05) is 6.61 Å². The number of carbonyl (C=O) groups excluding carboxylic acids is 2. The van der Waals surface area contributed by atoms with Crippen LogP contribution < -0.4 is 10.6 Å². The molecule has 0 saturated heterocycles. The Labute approximate surface area is 193 Å². The normalized spacial score (nSPS) is 15.0. The molecule has 0 aliphatic heterocycles.